The molecule has 0 aliphatic carbocycles. The van der Waals surface area contributed by atoms with E-state index in [2.05, 4.69) is 18.5 Å². The number of hydrogen-bond acceptors (Lipinski definition) is 3. The van der Waals surface area contributed by atoms with Crippen molar-refractivity contribution >= 4 is 12.0 Å². The SMILES string of the molecule is C=CC(=C)C(=O)NC1CCN(C(=O)OC(C)(C)C)CC1. The molecule has 0 saturated carbocycles. The van der Waals surface area contributed by atoms with E-state index >= 15 is 0 Å². The smallest absolute Gasteiger partial charge is 0.410 e. The minimum Gasteiger partial charge on any atom is -0.444 e. The van der Waals surface area contributed by atoms with E-state index in [-0.39, 0.29) is 18.0 Å². The quantitative estimate of drug-likeness (QED) is 0.637. The molecule has 0 radical (unpaired) electrons. The minimum atomic E-state index is -0.482. The van der Waals surface area contributed by atoms with E-state index in [1.54, 1.807) is 4.90 Å². The summed E-state index contributed by atoms with van der Waals surface area (Å²) in [7, 11) is 0. The first-order chi connectivity index (χ1) is 9.23. The summed E-state index contributed by atoms with van der Waals surface area (Å²) in [6.07, 6.45) is 2.58. The third-order valence-electron chi connectivity index (χ3n) is 3.02. The van der Waals surface area contributed by atoms with Crippen LogP contribution in [0.4, 0.5) is 4.79 Å². The van der Waals surface area contributed by atoms with E-state index in [1.165, 1.54) is 6.08 Å². The molecule has 1 fully saturated rings. The Labute approximate surface area is 120 Å². The maximum Gasteiger partial charge on any atom is 0.410 e. The van der Waals surface area contributed by atoms with Crippen molar-refractivity contribution in [1.29, 1.82) is 0 Å². The van der Waals surface area contributed by atoms with Crippen LogP contribution in [0.1, 0.15) is 33.6 Å². The Balaban J connectivity index is 2.40. The summed E-state index contributed by atoms with van der Waals surface area (Å²) in [5.41, 5.74) is -0.122. The summed E-state index contributed by atoms with van der Waals surface area (Å²) in [6, 6.07) is 0.0675. The predicted octanol–water partition coefficient (Wildman–Crippen LogP) is 2.24. The molecule has 20 heavy (non-hydrogen) atoms. The lowest BCUT2D eigenvalue weighted by molar-refractivity contribution is -0.118. The zero-order valence-electron chi connectivity index (χ0n) is 12.6. The van der Waals surface area contributed by atoms with Crippen molar-refractivity contribution in [2.24, 2.45) is 0 Å². The van der Waals surface area contributed by atoms with Gasteiger partial charge in [0.15, 0.2) is 0 Å². The Bertz CT molecular complexity index is 402. The zero-order valence-corrected chi connectivity index (χ0v) is 12.6. The Kier molecular flexibility index (Phi) is 5.36. The molecule has 1 saturated heterocycles. The first-order valence-electron chi connectivity index (χ1n) is 6.83. The first-order valence-corrected chi connectivity index (χ1v) is 6.83. The van der Waals surface area contributed by atoms with E-state index in [4.69, 9.17) is 4.74 Å². The van der Waals surface area contributed by atoms with E-state index in [0.29, 0.717) is 18.7 Å². The molecule has 5 heteroatoms. The van der Waals surface area contributed by atoms with Gasteiger partial charge in [-0.05, 0) is 33.6 Å². The highest BCUT2D eigenvalue weighted by Crippen LogP contribution is 2.15. The second-order valence-electron chi connectivity index (χ2n) is 5.94. The van der Waals surface area contributed by atoms with Gasteiger partial charge in [-0.25, -0.2) is 4.79 Å². The van der Waals surface area contributed by atoms with Crippen molar-refractivity contribution in [2.45, 2.75) is 45.3 Å². The van der Waals surface area contributed by atoms with Gasteiger partial charge < -0.3 is 15.0 Å². The van der Waals surface area contributed by atoms with Gasteiger partial charge in [0.05, 0.1) is 0 Å². The topological polar surface area (TPSA) is 58.6 Å². The highest BCUT2D eigenvalue weighted by atomic mass is 16.6. The van der Waals surface area contributed by atoms with Gasteiger partial charge in [0.1, 0.15) is 5.60 Å². The number of nitrogens with one attached hydrogen (secondary N) is 1. The van der Waals surface area contributed by atoms with Crippen molar-refractivity contribution in [1.82, 2.24) is 10.2 Å². The summed E-state index contributed by atoms with van der Waals surface area (Å²) >= 11 is 0. The molecule has 5 nitrogen and oxygen atoms in total. The maximum absolute atomic E-state index is 11.9. The number of carbonyl (C=O) groups is 2. The fourth-order valence-corrected chi connectivity index (χ4v) is 1.90. The maximum atomic E-state index is 11.9. The third-order valence-corrected chi connectivity index (χ3v) is 3.02. The number of likely N-dealkylation sites (tertiary alicyclic amines) is 1. The van der Waals surface area contributed by atoms with Crippen LogP contribution in [0.15, 0.2) is 24.8 Å². The second-order valence-corrected chi connectivity index (χ2v) is 5.94. The van der Waals surface area contributed by atoms with Gasteiger partial charge in [0.25, 0.3) is 5.91 Å². The second kappa shape index (κ2) is 6.59. The molecule has 1 aliphatic rings. The van der Waals surface area contributed by atoms with E-state index in [1.807, 2.05) is 20.8 Å². The monoisotopic (exact) mass is 280 g/mol. The van der Waals surface area contributed by atoms with Crippen LogP contribution in [-0.2, 0) is 9.53 Å². The van der Waals surface area contributed by atoms with E-state index in [0.717, 1.165) is 12.8 Å². The standard InChI is InChI=1S/C15H24N2O3/c1-6-11(2)13(18)16-12-7-9-17(10-8-12)14(19)20-15(3,4)5/h6,12H,1-2,7-10H2,3-5H3,(H,16,18). The van der Waals surface area contributed by atoms with Gasteiger partial charge in [-0.1, -0.05) is 19.2 Å². The molecule has 1 heterocycles. The van der Waals surface area contributed by atoms with E-state index in [9.17, 15) is 9.59 Å². The number of ether oxygens (including phenoxy) is 1. The fraction of sp³-hybridized carbons (Fsp3) is 0.600. The van der Waals surface area contributed by atoms with Crippen LogP contribution in [0.25, 0.3) is 0 Å². The number of nitrogens with zero attached hydrogens (tertiary/aromatic N) is 1. The molecule has 0 aromatic heterocycles. The first kappa shape index (κ1) is 16.3. The molecule has 2 amide bonds. The summed E-state index contributed by atoms with van der Waals surface area (Å²) in [5.74, 6) is -0.198. The lowest BCUT2D eigenvalue weighted by Gasteiger charge is -2.33. The normalized spacial score (nSPS) is 16.4. The van der Waals surface area contributed by atoms with Crippen molar-refractivity contribution in [3.63, 3.8) is 0 Å². The molecule has 1 rings (SSSR count). The number of hydrogen-bond donors (Lipinski definition) is 1. The van der Waals surface area contributed by atoms with Crippen LogP contribution in [0, 0.1) is 0 Å². The molecule has 0 aromatic rings. The van der Waals surface area contributed by atoms with Crippen molar-refractivity contribution in [2.75, 3.05) is 13.1 Å². The van der Waals surface area contributed by atoms with Crippen molar-refractivity contribution in [3.05, 3.63) is 24.8 Å². The third kappa shape index (κ3) is 5.07. The van der Waals surface area contributed by atoms with Gasteiger partial charge in [0, 0.05) is 24.7 Å². The highest BCUT2D eigenvalue weighted by Gasteiger charge is 2.27. The van der Waals surface area contributed by atoms with E-state index < -0.39 is 5.60 Å². The molecule has 0 bridgehead atoms. The summed E-state index contributed by atoms with van der Waals surface area (Å²) < 4.78 is 5.32. The molecule has 112 valence electrons. The lowest BCUT2D eigenvalue weighted by atomic mass is 10.0. The van der Waals surface area contributed by atoms with Gasteiger partial charge in [-0.3, -0.25) is 4.79 Å². The molecule has 0 atom stereocenters. The Morgan fingerprint density at radius 1 is 1.30 bits per heavy atom. The van der Waals surface area contributed by atoms with Gasteiger partial charge in [-0.15, -0.1) is 0 Å². The van der Waals surface area contributed by atoms with Crippen LogP contribution >= 0.6 is 0 Å². The van der Waals surface area contributed by atoms with Crippen LogP contribution in [-0.4, -0.2) is 41.6 Å². The molecule has 0 unspecified atom stereocenters. The largest absolute Gasteiger partial charge is 0.444 e. The lowest BCUT2D eigenvalue weighted by Crippen LogP contribution is -2.47. The Morgan fingerprint density at radius 2 is 1.85 bits per heavy atom. The molecular weight excluding hydrogens is 256 g/mol. The van der Waals surface area contributed by atoms with Crippen LogP contribution in [0.3, 0.4) is 0 Å². The van der Waals surface area contributed by atoms with Gasteiger partial charge >= 0.3 is 6.09 Å². The van der Waals surface area contributed by atoms with Gasteiger partial charge in [0.2, 0.25) is 0 Å². The molecule has 0 spiro atoms. The molecular formula is C15H24N2O3. The highest BCUT2D eigenvalue weighted by molar-refractivity contribution is 5.95. The van der Waals surface area contributed by atoms with Gasteiger partial charge in [-0.2, -0.15) is 0 Å². The number of carbonyl (C=O) groups excluding carboxylic acids is 2. The van der Waals surface area contributed by atoms with Crippen LogP contribution in [0.5, 0.6) is 0 Å². The summed E-state index contributed by atoms with van der Waals surface area (Å²) in [6.45, 7) is 13.8. The van der Waals surface area contributed by atoms with Crippen molar-refractivity contribution in [3.8, 4) is 0 Å². The number of piperidine rings is 1. The zero-order chi connectivity index (χ0) is 15.3. The van der Waals surface area contributed by atoms with Crippen LogP contribution in [0.2, 0.25) is 0 Å². The molecule has 0 aromatic carbocycles. The molecule has 1 N–H and O–H groups in total. The fourth-order valence-electron chi connectivity index (χ4n) is 1.90. The van der Waals surface area contributed by atoms with Crippen molar-refractivity contribution < 1.29 is 14.3 Å². The minimum absolute atomic E-state index is 0.0675. The predicted molar refractivity (Wildman–Crippen MR) is 78.3 cm³/mol. The van der Waals surface area contributed by atoms with Crippen LogP contribution < -0.4 is 5.32 Å². The average Bonchev–Trinajstić information content (AvgIpc) is 2.36. The number of rotatable bonds is 3. The summed E-state index contributed by atoms with van der Waals surface area (Å²) in [5, 5.41) is 2.89. The Hall–Kier alpha value is -1.78. The molecule has 1 aliphatic heterocycles. The Morgan fingerprint density at radius 3 is 2.30 bits per heavy atom. The number of amides is 2. The summed E-state index contributed by atoms with van der Waals surface area (Å²) in [4.78, 5) is 25.2. The average molecular weight is 280 g/mol.